The lowest BCUT2D eigenvalue weighted by Crippen LogP contribution is -2.69. The van der Waals surface area contributed by atoms with Crippen LogP contribution in [-0.4, -0.2) is 41.1 Å². The molecule has 0 spiro atoms. The first-order valence-corrected chi connectivity index (χ1v) is 5.56. The van der Waals surface area contributed by atoms with Crippen molar-refractivity contribution in [2.75, 3.05) is 19.8 Å². The number of rotatable bonds is 5. The van der Waals surface area contributed by atoms with Crippen LogP contribution >= 0.6 is 7.82 Å². The minimum Gasteiger partial charge on any atom is -0.396 e. The van der Waals surface area contributed by atoms with E-state index in [0.29, 0.717) is 0 Å². The van der Waals surface area contributed by atoms with E-state index in [1.165, 1.54) is 0 Å². The summed E-state index contributed by atoms with van der Waals surface area (Å²) in [5.74, 6) is -1.63. The van der Waals surface area contributed by atoms with Crippen LogP contribution in [0.3, 0.4) is 0 Å². The molecule has 7 nitrogen and oxygen atoms in total. The molecule has 0 aromatic heterocycles. The second kappa shape index (κ2) is 2.99. The lowest BCUT2D eigenvalue weighted by molar-refractivity contribution is -0.482. The summed E-state index contributed by atoms with van der Waals surface area (Å²) in [5.41, 5.74) is -1.27. The Morgan fingerprint density at radius 2 is 1.64 bits per heavy atom. The van der Waals surface area contributed by atoms with Gasteiger partial charge in [-0.2, -0.15) is 0 Å². The van der Waals surface area contributed by atoms with Gasteiger partial charge in [-0.1, -0.05) is 0 Å². The number of aliphatic hydroxyl groups is 3. The van der Waals surface area contributed by atoms with Crippen LogP contribution in [0.25, 0.3) is 0 Å². The molecule has 3 saturated heterocycles. The van der Waals surface area contributed by atoms with Gasteiger partial charge < -0.3 is 15.3 Å². The van der Waals surface area contributed by atoms with Crippen LogP contribution < -0.4 is 0 Å². The Kier molecular flexibility index (Phi) is 2.24. The van der Waals surface area contributed by atoms with Crippen molar-refractivity contribution in [3.05, 3.63) is 0 Å². The molecule has 3 fully saturated rings. The van der Waals surface area contributed by atoms with Crippen LogP contribution in [0.4, 0.5) is 0 Å². The van der Waals surface area contributed by atoms with Crippen LogP contribution in [0.5, 0.6) is 0 Å². The average Bonchev–Trinajstić information content (AvgIpc) is 2.08. The Hall–Kier alpha value is -0.0100. The van der Waals surface area contributed by atoms with Crippen molar-refractivity contribution in [1.82, 2.24) is 0 Å². The summed E-state index contributed by atoms with van der Waals surface area (Å²) in [4.78, 5) is 0. The fourth-order valence-corrected chi connectivity index (χ4v) is 3.03. The largest absolute Gasteiger partial charge is 0.488 e. The maximum absolute atomic E-state index is 10.9. The predicted molar refractivity (Wildman–Crippen MR) is 41.9 cm³/mol. The van der Waals surface area contributed by atoms with Gasteiger partial charge in [-0.15, -0.1) is 0 Å². The van der Waals surface area contributed by atoms with Crippen LogP contribution in [0.15, 0.2) is 0 Å². The zero-order valence-corrected chi connectivity index (χ0v) is 8.14. The van der Waals surface area contributed by atoms with Crippen molar-refractivity contribution in [2.24, 2.45) is 5.41 Å². The third kappa shape index (κ3) is 1.06. The van der Waals surface area contributed by atoms with Gasteiger partial charge in [0.1, 0.15) is 5.41 Å². The average molecular weight is 226 g/mol. The van der Waals surface area contributed by atoms with E-state index in [1.807, 2.05) is 0 Å². The second-order valence-corrected chi connectivity index (χ2v) is 4.79. The highest BCUT2D eigenvalue weighted by molar-refractivity contribution is 7.51. The number of aliphatic hydroxyl groups excluding tert-OH is 3. The minimum atomic E-state index is -3.34. The molecule has 3 heterocycles. The van der Waals surface area contributed by atoms with E-state index < -0.39 is 32.4 Å². The zero-order valence-electron chi connectivity index (χ0n) is 7.25. The molecule has 0 aromatic carbocycles. The van der Waals surface area contributed by atoms with Gasteiger partial charge in [-0.05, 0) is 6.42 Å². The lowest BCUT2D eigenvalue weighted by Gasteiger charge is -2.62. The summed E-state index contributed by atoms with van der Waals surface area (Å²) in [7, 11) is -3.34. The Bertz CT molecular complexity index is 259. The normalized spacial score (nSPS) is 40.2. The molecule has 2 bridgehead atoms. The molecule has 0 aromatic rings. The smallest absolute Gasteiger partial charge is 0.396 e. The number of hydrogen-bond donors (Lipinski definition) is 3. The van der Waals surface area contributed by atoms with E-state index in [-0.39, 0.29) is 13.0 Å². The molecular weight excluding hydrogens is 215 g/mol. The molecule has 0 amide bonds. The first kappa shape index (κ1) is 10.5. The second-order valence-electron chi connectivity index (χ2n) is 3.35. The van der Waals surface area contributed by atoms with Crippen molar-refractivity contribution in [3.8, 4) is 0 Å². The highest BCUT2D eigenvalue weighted by Gasteiger charge is 2.82. The molecule has 3 aliphatic heterocycles. The summed E-state index contributed by atoms with van der Waals surface area (Å²) in [5, 5.41) is 27.0. The highest BCUT2D eigenvalue weighted by atomic mass is 31.2. The van der Waals surface area contributed by atoms with Crippen molar-refractivity contribution in [1.29, 1.82) is 0 Å². The maximum atomic E-state index is 10.9. The molecule has 0 atom stereocenters. The fraction of sp³-hybridized carbons (Fsp3) is 1.00. The number of phosphoric ester groups is 1. The van der Waals surface area contributed by atoms with Gasteiger partial charge in [-0.3, -0.25) is 0 Å². The molecule has 3 rings (SSSR count). The third-order valence-electron chi connectivity index (χ3n) is 2.54. The van der Waals surface area contributed by atoms with E-state index in [2.05, 4.69) is 0 Å². The van der Waals surface area contributed by atoms with Crippen LogP contribution in [-0.2, 0) is 18.1 Å². The van der Waals surface area contributed by atoms with Crippen LogP contribution in [0.1, 0.15) is 6.42 Å². The molecule has 14 heavy (non-hydrogen) atoms. The van der Waals surface area contributed by atoms with Gasteiger partial charge in [-0.25, -0.2) is 18.1 Å². The standard InChI is InChI=1S/C6H11O7P/c7-2-1-5(3-8,4-9)6-11-14(10,12-6)13-6/h7-9H,1-4H2. The van der Waals surface area contributed by atoms with Crippen molar-refractivity contribution in [2.45, 2.75) is 12.4 Å². The fourth-order valence-electron chi connectivity index (χ4n) is 1.52. The Morgan fingerprint density at radius 3 is 1.93 bits per heavy atom. The molecule has 3 aliphatic rings. The van der Waals surface area contributed by atoms with Gasteiger partial charge in [0, 0.05) is 6.61 Å². The van der Waals surface area contributed by atoms with E-state index in [1.54, 1.807) is 0 Å². The van der Waals surface area contributed by atoms with Crippen LogP contribution in [0, 0.1) is 5.41 Å². The summed E-state index contributed by atoms with van der Waals surface area (Å²) < 4.78 is 25.3. The van der Waals surface area contributed by atoms with Gasteiger partial charge in [0.15, 0.2) is 0 Å². The van der Waals surface area contributed by atoms with E-state index in [9.17, 15) is 4.57 Å². The first-order chi connectivity index (χ1) is 6.55. The lowest BCUT2D eigenvalue weighted by atomic mass is 9.83. The van der Waals surface area contributed by atoms with E-state index >= 15 is 0 Å². The van der Waals surface area contributed by atoms with Crippen molar-refractivity contribution >= 4 is 7.82 Å². The molecule has 82 valence electrons. The first-order valence-electron chi connectivity index (χ1n) is 4.10. The summed E-state index contributed by atoms with van der Waals surface area (Å²) in [6.45, 7) is -1.27. The van der Waals surface area contributed by atoms with Crippen LogP contribution in [0.2, 0.25) is 0 Å². The Morgan fingerprint density at radius 1 is 1.14 bits per heavy atom. The molecule has 8 heteroatoms. The van der Waals surface area contributed by atoms with E-state index in [4.69, 9.17) is 28.9 Å². The summed E-state index contributed by atoms with van der Waals surface area (Å²) in [6.07, 6.45) is 0.0278. The quantitative estimate of drug-likeness (QED) is 0.526. The molecule has 0 aliphatic carbocycles. The van der Waals surface area contributed by atoms with Crippen molar-refractivity contribution in [3.63, 3.8) is 0 Å². The zero-order chi connectivity index (χ0) is 10.4. The number of phosphoric acid groups is 1. The molecule has 0 radical (unpaired) electrons. The topological polar surface area (TPSA) is 105 Å². The molecule has 0 saturated carbocycles. The minimum absolute atomic E-state index is 0.0278. The van der Waals surface area contributed by atoms with Crippen molar-refractivity contribution < 1.29 is 33.5 Å². The predicted octanol–water partition coefficient (Wildman–Crippen LogP) is -0.821. The SMILES string of the molecule is O=P12OC(C(CO)(CO)CCO)(O1)O2. The Balaban J connectivity index is 2.15. The number of hydrogen-bond acceptors (Lipinski definition) is 7. The Labute approximate surface area is 79.8 Å². The third-order valence-corrected chi connectivity index (χ3v) is 3.93. The summed E-state index contributed by atoms with van der Waals surface area (Å²) in [6, 6.07) is 0. The van der Waals surface area contributed by atoms with Gasteiger partial charge in [0.05, 0.1) is 13.2 Å². The summed E-state index contributed by atoms with van der Waals surface area (Å²) >= 11 is 0. The van der Waals surface area contributed by atoms with E-state index in [0.717, 1.165) is 0 Å². The van der Waals surface area contributed by atoms with Gasteiger partial charge in [0.25, 0.3) is 0 Å². The van der Waals surface area contributed by atoms with Gasteiger partial charge >= 0.3 is 13.8 Å². The molecular formula is C6H11O7P. The maximum Gasteiger partial charge on any atom is 0.488 e. The monoisotopic (exact) mass is 226 g/mol. The van der Waals surface area contributed by atoms with Gasteiger partial charge in [0.2, 0.25) is 0 Å². The molecule has 0 unspecified atom stereocenters. The molecule has 3 N–H and O–H groups in total. The highest BCUT2D eigenvalue weighted by Crippen LogP contribution is 2.84.